The average Bonchev–Trinajstić information content (AvgIpc) is 2.88. The number of hydrogen-bond acceptors (Lipinski definition) is 4. The van der Waals surface area contributed by atoms with Crippen LogP contribution >= 0.6 is 11.6 Å². The molecule has 1 N–H and O–H groups in total. The first-order chi connectivity index (χ1) is 9.92. The largest absolute Gasteiger partial charge is 0.461 e. The lowest BCUT2D eigenvalue weighted by molar-refractivity contribution is -0.384. The zero-order valence-electron chi connectivity index (χ0n) is 12.1. The van der Waals surface area contributed by atoms with E-state index in [2.05, 4.69) is 12.2 Å². The smallest absolute Gasteiger partial charge is 0.288 e. The van der Waals surface area contributed by atoms with Crippen LogP contribution in [-0.4, -0.2) is 18.0 Å². The number of rotatable bonds is 5. The van der Waals surface area contributed by atoms with E-state index in [9.17, 15) is 10.1 Å². The van der Waals surface area contributed by atoms with Crippen LogP contribution in [0.5, 0.6) is 0 Å². The fraction of sp³-hybridized carbons (Fsp3) is 0.333. The molecule has 1 unspecified atom stereocenters. The Morgan fingerprint density at radius 2 is 2.14 bits per heavy atom. The van der Waals surface area contributed by atoms with Gasteiger partial charge < -0.3 is 9.73 Å². The van der Waals surface area contributed by atoms with Gasteiger partial charge in [0.15, 0.2) is 0 Å². The predicted molar refractivity (Wildman–Crippen MR) is 82.8 cm³/mol. The van der Waals surface area contributed by atoms with Crippen molar-refractivity contribution >= 4 is 17.3 Å². The normalized spacial score (nSPS) is 12.4. The third-order valence-electron chi connectivity index (χ3n) is 3.42. The standard InChI is InChI=1S/C15H17ClN2O3/c1-9-6-14(18(19)20)13(16)8-12(9)15-5-4-11(21-15)7-10(2)17-3/h4-6,8,10,17H,7H2,1-3H3. The van der Waals surface area contributed by atoms with E-state index in [4.69, 9.17) is 16.0 Å². The Bertz CT molecular complexity index is 667. The minimum absolute atomic E-state index is 0.0894. The van der Waals surface area contributed by atoms with Crippen molar-refractivity contribution in [3.05, 3.63) is 50.7 Å². The molecule has 2 aromatic rings. The van der Waals surface area contributed by atoms with Gasteiger partial charge in [0.2, 0.25) is 0 Å². The average molecular weight is 309 g/mol. The monoisotopic (exact) mass is 308 g/mol. The van der Waals surface area contributed by atoms with Crippen molar-refractivity contribution < 1.29 is 9.34 Å². The van der Waals surface area contributed by atoms with Crippen LogP contribution in [0.25, 0.3) is 11.3 Å². The number of furan rings is 1. The molecule has 0 radical (unpaired) electrons. The second-order valence-corrected chi connectivity index (χ2v) is 5.44. The Labute approximate surface area is 128 Å². The Balaban J connectivity index is 2.34. The molecule has 6 heteroatoms. The van der Waals surface area contributed by atoms with Crippen LogP contribution in [0.3, 0.4) is 0 Å². The van der Waals surface area contributed by atoms with Crippen molar-refractivity contribution in [3.63, 3.8) is 0 Å². The van der Waals surface area contributed by atoms with Gasteiger partial charge in [0.25, 0.3) is 5.69 Å². The van der Waals surface area contributed by atoms with Crippen molar-refractivity contribution in [2.24, 2.45) is 0 Å². The second-order valence-electron chi connectivity index (χ2n) is 5.04. The van der Waals surface area contributed by atoms with Crippen molar-refractivity contribution in [2.45, 2.75) is 26.3 Å². The number of benzene rings is 1. The summed E-state index contributed by atoms with van der Waals surface area (Å²) in [6.45, 7) is 3.87. The summed E-state index contributed by atoms with van der Waals surface area (Å²) in [6.07, 6.45) is 0.774. The summed E-state index contributed by atoms with van der Waals surface area (Å²) in [6, 6.07) is 7.14. The molecule has 1 heterocycles. The van der Waals surface area contributed by atoms with Crippen molar-refractivity contribution in [3.8, 4) is 11.3 Å². The van der Waals surface area contributed by atoms with Gasteiger partial charge in [-0.25, -0.2) is 0 Å². The number of nitrogens with one attached hydrogen (secondary N) is 1. The van der Waals surface area contributed by atoms with Gasteiger partial charge in [-0.15, -0.1) is 0 Å². The third-order valence-corrected chi connectivity index (χ3v) is 3.72. The first kappa shape index (κ1) is 15.5. The number of hydrogen-bond donors (Lipinski definition) is 1. The lowest BCUT2D eigenvalue weighted by Crippen LogP contribution is -2.23. The highest BCUT2D eigenvalue weighted by atomic mass is 35.5. The van der Waals surface area contributed by atoms with E-state index in [0.717, 1.165) is 23.3 Å². The zero-order chi connectivity index (χ0) is 15.6. The molecule has 0 spiro atoms. The molecule has 0 saturated carbocycles. The van der Waals surface area contributed by atoms with Crippen LogP contribution in [0.4, 0.5) is 5.69 Å². The molecule has 21 heavy (non-hydrogen) atoms. The van der Waals surface area contributed by atoms with Gasteiger partial charge in [0, 0.05) is 24.1 Å². The van der Waals surface area contributed by atoms with Gasteiger partial charge in [-0.2, -0.15) is 0 Å². The van der Waals surface area contributed by atoms with Crippen molar-refractivity contribution in [1.29, 1.82) is 0 Å². The van der Waals surface area contributed by atoms with E-state index in [1.807, 2.05) is 19.2 Å². The maximum absolute atomic E-state index is 10.9. The Morgan fingerprint density at radius 1 is 1.43 bits per heavy atom. The summed E-state index contributed by atoms with van der Waals surface area (Å²) in [5.41, 5.74) is 1.44. The summed E-state index contributed by atoms with van der Waals surface area (Å²) in [5.74, 6) is 1.53. The van der Waals surface area contributed by atoms with E-state index in [1.165, 1.54) is 6.07 Å². The molecule has 0 fully saturated rings. The molecule has 1 aromatic heterocycles. The van der Waals surface area contributed by atoms with E-state index in [1.54, 1.807) is 13.0 Å². The first-order valence-electron chi connectivity index (χ1n) is 6.63. The predicted octanol–water partition coefficient (Wildman–Crippen LogP) is 3.97. The fourth-order valence-electron chi connectivity index (χ4n) is 2.11. The van der Waals surface area contributed by atoms with Gasteiger partial charge >= 0.3 is 0 Å². The Kier molecular flexibility index (Phi) is 4.65. The number of nitro groups is 1. The second kappa shape index (κ2) is 6.28. The lowest BCUT2D eigenvalue weighted by atomic mass is 10.1. The summed E-state index contributed by atoms with van der Waals surface area (Å²) in [4.78, 5) is 10.4. The van der Waals surface area contributed by atoms with E-state index in [0.29, 0.717) is 11.8 Å². The molecule has 0 aliphatic carbocycles. The summed E-state index contributed by atoms with van der Waals surface area (Å²) in [5, 5.41) is 14.1. The van der Waals surface area contributed by atoms with Crippen LogP contribution in [0.1, 0.15) is 18.2 Å². The molecule has 1 aromatic carbocycles. The van der Waals surface area contributed by atoms with Gasteiger partial charge in [0.1, 0.15) is 16.5 Å². The summed E-state index contributed by atoms with van der Waals surface area (Å²) in [7, 11) is 1.90. The molecule has 0 amide bonds. The number of aryl methyl sites for hydroxylation is 1. The first-order valence-corrected chi connectivity index (χ1v) is 7.01. The number of nitro benzene ring substituents is 1. The Morgan fingerprint density at radius 3 is 2.76 bits per heavy atom. The highest BCUT2D eigenvalue weighted by Gasteiger charge is 2.17. The fourth-order valence-corrected chi connectivity index (χ4v) is 2.34. The highest BCUT2D eigenvalue weighted by molar-refractivity contribution is 6.33. The molecular formula is C15H17ClN2O3. The third kappa shape index (κ3) is 3.43. The molecule has 0 saturated heterocycles. The molecule has 112 valence electrons. The van der Waals surface area contributed by atoms with Crippen LogP contribution in [0, 0.1) is 17.0 Å². The molecule has 5 nitrogen and oxygen atoms in total. The Hall–Kier alpha value is -1.85. The summed E-state index contributed by atoms with van der Waals surface area (Å²) >= 11 is 5.97. The highest BCUT2D eigenvalue weighted by Crippen LogP contribution is 2.34. The zero-order valence-corrected chi connectivity index (χ0v) is 12.9. The number of likely N-dealkylation sites (N-methyl/N-ethyl adjacent to an activating group) is 1. The maximum atomic E-state index is 10.9. The van der Waals surface area contributed by atoms with Gasteiger partial charge in [-0.3, -0.25) is 10.1 Å². The topological polar surface area (TPSA) is 68.3 Å². The van der Waals surface area contributed by atoms with Crippen LogP contribution in [0.15, 0.2) is 28.7 Å². The quantitative estimate of drug-likeness (QED) is 0.670. The molecule has 0 aliphatic heterocycles. The maximum Gasteiger partial charge on any atom is 0.288 e. The molecule has 1 atom stereocenters. The summed E-state index contributed by atoms with van der Waals surface area (Å²) < 4.78 is 5.81. The minimum atomic E-state index is -0.485. The minimum Gasteiger partial charge on any atom is -0.461 e. The van der Waals surface area contributed by atoms with Gasteiger partial charge in [-0.1, -0.05) is 11.6 Å². The number of nitrogens with zero attached hydrogens (tertiary/aromatic N) is 1. The van der Waals surface area contributed by atoms with Gasteiger partial charge in [0.05, 0.1) is 4.92 Å². The van der Waals surface area contributed by atoms with E-state index in [-0.39, 0.29) is 10.7 Å². The SMILES string of the molecule is CNC(C)Cc1ccc(-c2cc(Cl)c([N+](=O)[O-])cc2C)o1. The molecular weight excluding hydrogens is 292 g/mol. The van der Waals surface area contributed by atoms with Gasteiger partial charge in [-0.05, 0) is 44.7 Å². The van der Waals surface area contributed by atoms with E-state index < -0.39 is 4.92 Å². The number of halogens is 1. The lowest BCUT2D eigenvalue weighted by Gasteiger charge is -2.07. The van der Waals surface area contributed by atoms with Crippen LogP contribution in [0.2, 0.25) is 5.02 Å². The van der Waals surface area contributed by atoms with E-state index >= 15 is 0 Å². The van der Waals surface area contributed by atoms with Crippen LogP contribution < -0.4 is 5.32 Å². The molecule has 0 aliphatic rings. The molecule has 2 rings (SSSR count). The van der Waals surface area contributed by atoms with Crippen molar-refractivity contribution in [2.75, 3.05) is 7.05 Å². The van der Waals surface area contributed by atoms with Crippen molar-refractivity contribution in [1.82, 2.24) is 5.32 Å². The van der Waals surface area contributed by atoms with Crippen LogP contribution in [-0.2, 0) is 6.42 Å². The molecule has 0 bridgehead atoms.